The maximum atomic E-state index is 11.3. The van der Waals surface area contributed by atoms with E-state index in [1.165, 1.54) is 43.6 Å². The molecule has 5 aliphatic rings. The lowest BCUT2D eigenvalue weighted by Gasteiger charge is -2.56. The van der Waals surface area contributed by atoms with E-state index in [9.17, 15) is 5.11 Å². The van der Waals surface area contributed by atoms with Crippen molar-refractivity contribution >= 4 is 23.5 Å². The van der Waals surface area contributed by atoms with Crippen LogP contribution in [-0.4, -0.2) is 26.3 Å². The van der Waals surface area contributed by atoms with Crippen LogP contribution >= 0.6 is 23.5 Å². The normalized spacial score (nSPS) is 49.0. The van der Waals surface area contributed by atoms with Crippen molar-refractivity contribution in [1.29, 1.82) is 0 Å². The molecule has 0 aromatic heterocycles. The molecule has 1 spiro atoms. The van der Waals surface area contributed by atoms with Gasteiger partial charge in [-0.05, 0) is 81.5 Å². The Bertz CT molecular complexity index is 658. The summed E-state index contributed by atoms with van der Waals surface area (Å²) in [6, 6.07) is 0. The molecule has 0 bridgehead atoms. The van der Waals surface area contributed by atoms with Crippen LogP contribution in [0, 0.1) is 41.4 Å². The Morgan fingerprint density at radius 1 is 1.12 bits per heavy atom. The largest absolute Gasteiger partial charge is 0.377 e. The summed E-state index contributed by atoms with van der Waals surface area (Å²) in [6.45, 7) is 2.27. The molecule has 6 atom stereocenters. The van der Waals surface area contributed by atoms with Gasteiger partial charge < -0.3 is 5.11 Å². The second-order valence-electron chi connectivity index (χ2n) is 9.44. The molecule has 1 nitrogen and oxygen atoms in total. The molecule has 0 aromatic carbocycles. The summed E-state index contributed by atoms with van der Waals surface area (Å²) in [7, 11) is 0. The Morgan fingerprint density at radius 2 is 1.92 bits per heavy atom. The van der Waals surface area contributed by atoms with Crippen molar-refractivity contribution in [3.63, 3.8) is 0 Å². The highest BCUT2D eigenvalue weighted by Gasteiger charge is 2.63. The van der Waals surface area contributed by atoms with Crippen molar-refractivity contribution in [2.24, 2.45) is 29.1 Å². The first-order valence-corrected chi connectivity index (χ1v) is 12.7. The minimum absolute atomic E-state index is 0.00280. The Labute approximate surface area is 167 Å². The van der Waals surface area contributed by atoms with Gasteiger partial charge in [-0.2, -0.15) is 0 Å². The molecule has 3 saturated carbocycles. The maximum Gasteiger partial charge on any atom is 0.131 e. The Balaban J connectivity index is 1.44. The van der Waals surface area contributed by atoms with Crippen LogP contribution in [0.5, 0.6) is 0 Å². The summed E-state index contributed by atoms with van der Waals surface area (Å²) in [4.78, 5) is 0. The summed E-state index contributed by atoms with van der Waals surface area (Å²) in [5.41, 5.74) is 0.951. The van der Waals surface area contributed by atoms with Crippen LogP contribution in [0.15, 0.2) is 11.6 Å². The van der Waals surface area contributed by atoms with Gasteiger partial charge in [0.05, 0.1) is 4.08 Å². The molecule has 4 fully saturated rings. The number of thioether (sulfide) groups is 2. The van der Waals surface area contributed by atoms with E-state index in [2.05, 4.69) is 42.4 Å². The fourth-order valence-electron chi connectivity index (χ4n) is 7.79. The van der Waals surface area contributed by atoms with Gasteiger partial charge in [-0.25, -0.2) is 0 Å². The highest BCUT2D eigenvalue weighted by atomic mass is 32.2. The average molecular weight is 389 g/mol. The van der Waals surface area contributed by atoms with E-state index >= 15 is 0 Å². The zero-order valence-electron chi connectivity index (χ0n) is 16.0. The first-order chi connectivity index (χ1) is 12.6. The van der Waals surface area contributed by atoms with E-state index in [1.807, 2.05) is 0 Å². The fourth-order valence-corrected chi connectivity index (χ4v) is 11.0. The molecule has 0 unspecified atom stereocenters. The van der Waals surface area contributed by atoms with Gasteiger partial charge in [0, 0.05) is 16.9 Å². The molecule has 3 heteroatoms. The molecular formula is C23H32OS2. The topological polar surface area (TPSA) is 20.2 Å². The molecule has 0 radical (unpaired) electrons. The van der Waals surface area contributed by atoms with Crippen molar-refractivity contribution in [1.82, 2.24) is 0 Å². The van der Waals surface area contributed by atoms with E-state index in [1.54, 1.807) is 5.57 Å². The van der Waals surface area contributed by atoms with E-state index in [0.29, 0.717) is 10.00 Å². The van der Waals surface area contributed by atoms with E-state index < -0.39 is 5.60 Å². The summed E-state index contributed by atoms with van der Waals surface area (Å²) in [6.07, 6.45) is 19.5. The quantitative estimate of drug-likeness (QED) is 0.474. The van der Waals surface area contributed by atoms with Crippen LogP contribution < -0.4 is 0 Å². The lowest BCUT2D eigenvalue weighted by atomic mass is 9.49. The number of hydrogen-bond donors (Lipinski definition) is 1. The van der Waals surface area contributed by atoms with Gasteiger partial charge in [-0.15, -0.1) is 29.9 Å². The molecule has 5 rings (SSSR count). The molecule has 142 valence electrons. The summed E-state index contributed by atoms with van der Waals surface area (Å²) >= 11 is 4.41. The van der Waals surface area contributed by atoms with Crippen LogP contribution in [0.1, 0.15) is 64.7 Å². The van der Waals surface area contributed by atoms with Gasteiger partial charge in [0.2, 0.25) is 0 Å². The maximum absolute atomic E-state index is 11.3. The molecule has 0 aromatic rings. The van der Waals surface area contributed by atoms with E-state index in [0.717, 1.165) is 43.4 Å². The molecule has 1 saturated heterocycles. The zero-order valence-corrected chi connectivity index (χ0v) is 17.6. The van der Waals surface area contributed by atoms with Gasteiger partial charge in [-0.1, -0.05) is 24.5 Å². The number of allylic oxidation sites excluding steroid dienone is 1. The predicted molar refractivity (Wildman–Crippen MR) is 113 cm³/mol. The van der Waals surface area contributed by atoms with Gasteiger partial charge in [0.25, 0.3) is 0 Å². The van der Waals surface area contributed by atoms with Gasteiger partial charge >= 0.3 is 0 Å². The third-order valence-corrected chi connectivity index (χ3v) is 12.4. The van der Waals surface area contributed by atoms with Crippen molar-refractivity contribution in [3.8, 4) is 12.3 Å². The van der Waals surface area contributed by atoms with Gasteiger partial charge in [0.15, 0.2) is 0 Å². The summed E-state index contributed by atoms with van der Waals surface area (Å²) in [5.74, 6) is 8.65. The van der Waals surface area contributed by atoms with Crippen molar-refractivity contribution < 1.29 is 5.11 Å². The molecule has 4 aliphatic carbocycles. The molecule has 26 heavy (non-hydrogen) atoms. The third-order valence-electron chi connectivity index (χ3n) is 8.96. The second kappa shape index (κ2) is 6.23. The first kappa shape index (κ1) is 18.0. The highest BCUT2D eigenvalue weighted by Crippen LogP contribution is 2.67. The molecule has 1 heterocycles. The Morgan fingerprint density at radius 3 is 2.65 bits per heavy atom. The van der Waals surface area contributed by atoms with E-state index in [4.69, 9.17) is 6.42 Å². The number of rotatable bonds is 1. The minimum Gasteiger partial charge on any atom is -0.377 e. The number of fused-ring (bicyclic) bond motifs is 5. The standard InChI is InChI=1S/C23H32OS2/c1-3-21-10-7-18-17-8-12-23(25-13-14-26-23)15-16(17)5-6-19(18)20(21)9-11-22(21,24)4-2/h2,15,17-20,24H,3,5-14H2,1H3/t17-,18+,19+,20-,21-,22-/m0/s1. The van der Waals surface area contributed by atoms with Crippen LogP contribution in [0.4, 0.5) is 0 Å². The summed E-state index contributed by atoms with van der Waals surface area (Å²) in [5, 5.41) is 11.3. The van der Waals surface area contributed by atoms with Crippen molar-refractivity contribution in [3.05, 3.63) is 11.6 Å². The van der Waals surface area contributed by atoms with Crippen LogP contribution in [-0.2, 0) is 0 Å². The van der Waals surface area contributed by atoms with Crippen molar-refractivity contribution in [2.75, 3.05) is 11.5 Å². The smallest absolute Gasteiger partial charge is 0.131 e. The SMILES string of the molecule is C#C[C@]1(O)CC[C@H]2[C@@H]3CCC4=CC5(CC[C@@H]4[C@H]3CC[C@@]21CC)SCCS5. The van der Waals surface area contributed by atoms with Crippen LogP contribution in [0.25, 0.3) is 0 Å². The van der Waals surface area contributed by atoms with E-state index in [-0.39, 0.29) is 5.41 Å². The van der Waals surface area contributed by atoms with Gasteiger partial charge in [0.1, 0.15) is 5.60 Å². The number of hydrogen-bond acceptors (Lipinski definition) is 3. The zero-order chi connectivity index (χ0) is 18.0. The fraction of sp³-hybridized carbons (Fsp3) is 0.826. The Kier molecular flexibility index (Phi) is 4.32. The summed E-state index contributed by atoms with van der Waals surface area (Å²) < 4.78 is 0.428. The first-order valence-electron chi connectivity index (χ1n) is 10.8. The number of aliphatic hydroxyl groups is 1. The predicted octanol–water partition coefficient (Wildman–Crippen LogP) is 5.49. The lowest BCUT2D eigenvalue weighted by Crippen LogP contribution is -2.53. The van der Waals surface area contributed by atoms with Crippen molar-refractivity contribution in [2.45, 2.75) is 74.4 Å². The molecular weight excluding hydrogens is 356 g/mol. The molecule has 1 aliphatic heterocycles. The minimum atomic E-state index is -0.846. The monoisotopic (exact) mass is 388 g/mol. The third kappa shape index (κ3) is 2.31. The average Bonchev–Trinajstić information content (AvgIpc) is 3.24. The van der Waals surface area contributed by atoms with Crippen LogP contribution in [0.3, 0.4) is 0 Å². The Hall–Kier alpha value is -0.0400. The number of terminal acetylenes is 1. The lowest BCUT2D eigenvalue weighted by molar-refractivity contribution is -0.0994. The second-order valence-corrected chi connectivity index (χ2v) is 12.5. The molecule has 0 amide bonds. The van der Waals surface area contributed by atoms with Gasteiger partial charge in [-0.3, -0.25) is 0 Å². The molecule has 1 N–H and O–H groups in total. The highest BCUT2D eigenvalue weighted by molar-refractivity contribution is 8.21. The van der Waals surface area contributed by atoms with Crippen LogP contribution in [0.2, 0.25) is 0 Å².